The van der Waals surface area contributed by atoms with Crippen molar-refractivity contribution in [2.45, 2.75) is 70.8 Å². The molecule has 0 spiro atoms. The molecule has 3 rings (SSSR count). The molecule has 2 aromatic carbocycles. The molecule has 0 saturated carbocycles. The maximum Gasteiger partial charge on any atom is 0.160 e. The first-order valence-corrected chi connectivity index (χ1v) is 11.4. The van der Waals surface area contributed by atoms with E-state index >= 15 is 0 Å². The average molecular weight is 411 g/mol. The van der Waals surface area contributed by atoms with E-state index in [-0.39, 0.29) is 5.41 Å². The molecule has 30 heavy (non-hydrogen) atoms. The molecule has 0 aromatic heterocycles. The topological polar surface area (TPSA) is 27.7 Å². The van der Waals surface area contributed by atoms with Gasteiger partial charge in [-0.2, -0.15) is 0 Å². The SMILES string of the molecule is COc1ccc(CCCCC2(c3ccc(C)cc3)CCOC(C(C)C)C2)cc1OC. The Bertz CT molecular complexity index is 796. The Morgan fingerprint density at radius 2 is 1.73 bits per heavy atom. The Morgan fingerprint density at radius 1 is 1.00 bits per heavy atom. The lowest BCUT2D eigenvalue weighted by Gasteiger charge is -2.43. The third-order valence-electron chi connectivity index (χ3n) is 6.73. The second-order valence-corrected chi connectivity index (χ2v) is 9.15. The number of aryl methyl sites for hydroxylation is 2. The first kappa shape index (κ1) is 22.7. The molecule has 1 saturated heterocycles. The van der Waals surface area contributed by atoms with Crippen molar-refractivity contribution in [2.24, 2.45) is 5.92 Å². The monoisotopic (exact) mass is 410 g/mol. The lowest BCUT2D eigenvalue weighted by Crippen LogP contribution is -2.41. The van der Waals surface area contributed by atoms with Gasteiger partial charge in [-0.1, -0.05) is 56.2 Å². The van der Waals surface area contributed by atoms with Crippen LogP contribution in [0, 0.1) is 12.8 Å². The third kappa shape index (κ3) is 5.37. The summed E-state index contributed by atoms with van der Waals surface area (Å²) in [6, 6.07) is 15.5. The second kappa shape index (κ2) is 10.3. The van der Waals surface area contributed by atoms with E-state index in [9.17, 15) is 0 Å². The normalized spacial score (nSPS) is 21.6. The van der Waals surface area contributed by atoms with E-state index in [1.165, 1.54) is 36.0 Å². The van der Waals surface area contributed by atoms with Crippen LogP contribution in [0.5, 0.6) is 11.5 Å². The summed E-state index contributed by atoms with van der Waals surface area (Å²) in [5.41, 5.74) is 4.37. The number of ether oxygens (including phenoxy) is 3. The summed E-state index contributed by atoms with van der Waals surface area (Å²) >= 11 is 0. The summed E-state index contributed by atoms with van der Waals surface area (Å²) in [5.74, 6) is 2.17. The largest absolute Gasteiger partial charge is 0.493 e. The van der Waals surface area contributed by atoms with Gasteiger partial charge in [0.2, 0.25) is 0 Å². The number of benzene rings is 2. The molecular formula is C27H38O3. The van der Waals surface area contributed by atoms with Gasteiger partial charge in [0.15, 0.2) is 11.5 Å². The third-order valence-corrected chi connectivity index (χ3v) is 6.73. The summed E-state index contributed by atoms with van der Waals surface area (Å²) < 4.78 is 17.0. The van der Waals surface area contributed by atoms with Crippen LogP contribution in [-0.2, 0) is 16.6 Å². The molecule has 0 radical (unpaired) electrons. The minimum absolute atomic E-state index is 0.235. The van der Waals surface area contributed by atoms with E-state index in [2.05, 4.69) is 57.2 Å². The van der Waals surface area contributed by atoms with Crippen LogP contribution in [0.15, 0.2) is 42.5 Å². The standard InChI is InChI=1S/C27H38O3/c1-20(2)26-19-27(16-17-30-26,23-12-9-21(3)10-13-23)15-7-6-8-22-11-14-24(28-4)25(18-22)29-5/h9-14,18,20,26H,6-8,15-17,19H2,1-5H3. The fraction of sp³-hybridized carbons (Fsp3) is 0.556. The van der Waals surface area contributed by atoms with Gasteiger partial charge < -0.3 is 14.2 Å². The smallest absolute Gasteiger partial charge is 0.160 e. The van der Waals surface area contributed by atoms with Gasteiger partial charge in [0.25, 0.3) is 0 Å². The molecule has 1 aliphatic rings. The molecule has 0 N–H and O–H groups in total. The molecule has 0 amide bonds. The van der Waals surface area contributed by atoms with Crippen molar-refractivity contribution in [3.8, 4) is 11.5 Å². The molecule has 2 atom stereocenters. The quantitative estimate of drug-likeness (QED) is 0.442. The molecule has 2 aromatic rings. The van der Waals surface area contributed by atoms with Gasteiger partial charge in [0, 0.05) is 6.61 Å². The van der Waals surface area contributed by atoms with E-state index in [4.69, 9.17) is 14.2 Å². The summed E-state index contributed by atoms with van der Waals surface area (Å²) in [6.45, 7) is 7.60. The maximum atomic E-state index is 6.14. The zero-order valence-corrected chi connectivity index (χ0v) is 19.4. The van der Waals surface area contributed by atoms with E-state index in [1.807, 2.05) is 6.07 Å². The minimum Gasteiger partial charge on any atom is -0.493 e. The molecule has 2 unspecified atom stereocenters. The Balaban J connectivity index is 1.68. The number of unbranched alkanes of at least 4 members (excludes halogenated alkanes) is 1. The predicted octanol–water partition coefficient (Wildman–Crippen LogP) is 6.50. The zero-order valence-electron chi connectivity index (χ0n) is 19.4. The summed E-state index contributed by atoms with van der Waals surface area (Å²) in [4.78, 5) is 0. The van der Waals surface area contributed by atoms with E-state index < -0.39 is 0 Å². The highest BCUT2D eigenvalue weighted by Gasteiger charge is 2.38. The predicted molar refractivity (Wildman–Crippen MR) is 124 cm³/mol. The molecule has 1 fully saturated rings. The zero-order chi connectivity index (χ0) is 21.6. The van der Waals surface area contributed by atoms with E-state index in [1.54, 1.807) is 14.2 Å². The number of rotatable bonds is 9. The Labute approximate surface area is 182 Å². The molecule has 0 aliphatic carbocycles. The lowest BCUT2D eigenvalue weighted by molar-refractivity contribution is -0.0475. The van der Waals surface area contributed by atoms with Crippen molar-refractivity contribution in [1.82, 2.24) is 0 Å². The Kier molecular flexibility index (Phi) is 7.82. The molecule has 0 bridgehead atoms. The van der Waals surface area contributed by atoms with Crippen LogP contribution in [0.3, 0.4) is 0 Å². The maximum absolute atomic E-state index is 6.14. The number of methoxy groups -OCH3 is 2. The van der Waals surface area contributed by atoms with Crippen LogP contribution in [0.25, 0.3) is 0 Å². The summed E-state index contributed by atoms with van der Waals surface area (Å²) in [5, 5.41) is 0. The number of hydrogen-bond donors (Lipinski definition) is 0. The van der Waals surface area contributed by atoms with Crippen LogP contribution in [0.1, 0.15) is 62.6 Å². The van der Waals surface area contributed by atoms with Crippen LogP contribution >= 0.6 is 0 Å². The van der Waals surface area contributed by atoms with Gasteiger partial charge in [0.1, 0.15) is 0 Å². The van der Waals surface area contributed by atoms with E-state index in [0.717, 1.165) is 37.4 Å². The van der Waals surface area contributed by atoms with Crippen molar-refractivity contribution in [2.75, 3.05) is 20.8 Å². The summed E-state index contributed by atoms with van der Waals surface area (Å²) in [6.07, 6.45) is 7.28. The van der Waals surface area contributed by atoms with Gasteiger partial charge in [-0.25, -0.2) is 0 Å². The lowest BCUT2D eigenvalue weighted by atomic mass is 9.68. The molecular weight excluding hydrogens is 372 g/mol. The van der Waals surface area contributed by atoms with Gasteiger partial charge >= 0.3 is 0 Å². The van der Waals surface area contributed by atoms with Gasteiger partial charge in [-0.15, -0.1) is 0 Å². The molecule has 1 heterocycles. The Morgan fingerprint density at radius 3 is 2.40 bits per heavy atom. The fourth-order valence-electron chi connectivity index (χ4n) is 4.75. The van der Waals surface area contributed by atoms with Crippen molar-refractivity contribution >= 4 is 0 Å². The molecule has 3 heteroatoms. The average Bonchev–Trinajstić information content (AvgIpc) is 2.77. The van der Waals surface area contributed by atoms with Crippen LogP contribution < -0.4 is 9.47 Å². The van der Waals surface area contributed by atoms with Crippen LogP contribution in [0.4, 0.5) is 0 Å². The molecule has 3 nitrogen and oxygen atoms in total. The highest BCUT2D eigenvalue weighted by molar-refractivity contribution is 5.42. The highest BCUT2D eigenvalue weighted by Crippen LogP contribution is 2.43. The molecule has 1 aliphatic heterocycles. The van der Waals surface area contributed by atoms with Crippen molar-refractivity contribution in [3.05, 3.63) is 59.2 Å². The van der Waals surface area contributed by atoms with Crippen molar-refractivity contribution < 1.29 is 14.2 Å². The van der Waals surface area contributed by atoms with Gasteiger partial charge in [-0.3, -0.25) is 0 Å². The van der Waals surface area contributed by atoms with Gasteiger partial charge in [0.05, 0.1) is 20.3 Å². The van der Waals surface area contributed by atoms with Gasteiger partial charge in [-0.05, 0) is 73.6 Å². The van der Waals surface area contributed by atoms with Crippen LogP contribution in [-0.4, -0.2) is 26.9 Å². The molecule has 164 valence electrons. The van der Waals surface area contributed by atoms with Crippen molar-refractivity contribution in [3.63, 3.8) is 0 Å². The first-order valence-electron chi connectivity index (χ1n) is 11.4. The first-order chi connectivity index (χ1) is 14.5. The minimum atomic E-state index is 0.235. The second-order valence-electron chi connectivity index (χ2n) is 9.15. The number of hydrogen-bond acceptors (Lipinski definition) is 3. The highest BCUT2D eigenvalue weighted by atomic mass is 16.5. The Hall–Kier alpha value is -2.00. The summed E-state index contributed by atoms with van der Waals surface area (Å²) in [7, 11) is 3.38. The fourth-order valence-corrected chi connectivity index (χ4v) is 4.75. The van der Waals surface area contributed by atoms with E-state index in [0.29, 0.717) is 12.0 Å². The van der Waals surface area contributed by atoms with Crippen molar-refractivity contribution in [1.29, 1.82) is 0 Å². The van der Waals surface area contributed by atoms with Crippen LogP contribution in [0.2, 0.25) is 0 Å².